The van der Waals surface area contributed by atoms with Crippen LogP contribution >= 0.6 is 0 Å². The lowest BCUT2D eigenvalue weighted by Gasteiger charge is -2.16. The number of carbonyl (C=O) groups excluding carboxylic acids is 1. The zero-order valence-electron chi connectivity index (χ0n) is 15.2. The van der Waals surface area contributed by atoms with Crippen LogP contribution < -0.4 is 4.72 Å². The zero-order valence-corrected chi connectivity index (χ0v) is 16.0. The maximum atomic E-state index is 12.8. The Morgan fingerprint density at radius 2 is 1.63 bits per heavy atom. The molecule has 0 radical (unpaired) electrons. The van der Waals surface area contributed by atoms with Gasteiger partial charge in [0.2, 0.25) is 10.0 Å². The van der Waals surface area contributed by atoms with Crippen LogP contribution in [-0.4, -0.2) is 20.6 Å². The molecule has 1 amide bonds. The number of fused-ring (bicyclic) bond motifs is 1. The number of amides is 1. The van der Waals surface area contributed by atoms with E-state index in [2.05, 4.69) is 4.72 Å². The second-order valence-electron chi connectivity index (χ2n) is 6.51. The standard InChI is InChI=1S/C22H21NO3S/c1-16(12-13-17-8-4-3-5-9-17)19-15-14-18-10-6-7-11-20(18)21(19)22(24)23-27(2,25)26/h3-16H,1-2H3,(H,23,24)/b13-12+. The lowest BCUT2D eigenvalue weighted by molar-refractivity contribution is 0.0982. The Labute approximate surface area is 159 Å². The fourth-order valence-corrected chi connectivity index (χ4v) is 3.50. The third kappa shape index (κ3) is 4.63. The van der Waals surface area contributed by atoms with E-state index in [9.17, 15) is 13.2 Å². The molecule has 0 heterocycles. The molecule has 5 heteroatoms. The van der Waals surface area contributed by atoms with Crippen LogP contribution in [0.25, 0.3) is 16.8 Å². The van der Waals surface area contributed by atoms with Crippen LogP contribution in [0, 0.1) is 0 Å². The van der Waals surface area contributed by atoms with Crippen LogP contribution in [0.4, 0.5) is 0 Å². The number of nitrogens with one attached hydrogen (secondary N) is 1. The lowest BCUT2D eigenvalue weighted by atomic mass is 9.90. The van der Waals surface area contributed by atoms with E-state index in [1.807, 2.05) is 85.8 Å². The second-order valence-corrected chi connectivity index (χ2v) is 8.26. The molecule has 0 aliphatic carbocycles. The molecule has 0 saturated heterocycles. The van der Waals surface area contributed by atoms with Crippen LogP contribution in [0.3, 0.4) is 0 Å². The van der Waals surface area contributed by atoms with Gasteiger partial charge in [-0.1, -0.05) is 85.8 Å². The summed E-state index contributed by atoms with van der Waals surface area (Å²) in [6, 6.07) is 21.2. The molecule has 0 fully saturated rings. The Hall–Kier alpha value is -2.92. The monoisotopic (exact) mass is 379 g/mol. The molecule has 1 unspecified atom stereocenters. The largest absolute Gasteiger partial charge is 0.268 e. The number of rotatable bonds is 5. The van der Waals surface area contributed by atoms with Crippen molar-refractivity contribution in [2.45, 2.75) is 12.8 Å². The second kappa shape index (κ2) is 7.76. The SMILES string of the molecule is CC(/C=C/c1ccccc1)c1ccc2ccccc2c1C(=O)NS(C)(=O)=O. The van der Waals surface area contributed by atoms with Gasteiger partial charge in [0.05, 0.1) is 11.8 Å². The average Bonchev–Trinajstić information content (AvgIpc) is 2.64. The smallest absolute Gasteiger partial charge is 0.265 e. The van der Waals surface area contributed by atoms with Crippen molar-refractivity contribution in [2.24, 2.45) is 0 Å². The summed E-state index contributed by atoms with van der Waals surface area (Å²) in [5.41, 5.74) is 2.23. The third-order valence-corrected chi connectivity index (χ3v) is 4.89. The molecule has 0 saturated carbocycles. The van der Waals surface area contributed by atoms with Gasteiger partial charge in [-0.05, 0) is 21.9 Å². The molecule has 1 N–H and O–H groups in total. The normalized spacial score (nSPS) is 13.0. The highest BCUT2D eigenvalue weighted by molar-refractivity contribution is 7.89. The molecule has 0 spiro atoms. The van der Waals surface area contributed by atoms with Crippen molar-refractivity contribution in [3.8, 4) is 0 Å². The fraction of sp³-hybridized carbons (Fsp3) is 0.136. The van der Waals surface area contributed by atoms with Gasteiger partial charge in [-0.2, -0.15) is 0 Å². The maximum Gasteiger partial charge on any atom is 0.265 e. The van der Waals surface area contributed by atoms with E-state index in [0.717, 1.165) is 28.2 Å². The lowest BCUT2D eigenvalue weighted by Crippen LogP contribution is -2.30. The first-order valence-corrected chi connectivity index (χ1v) is 10.5. The number of benzene rings is 3. The predicted octanol–water partition coefficient (Wildman–Crippen LogP) is 4.35. The van der Waals surface area contributed by atoms with Crippen molar-refractivity contribution in [1.29, 1.82) is 0 Å². The highest BCUT2D eigenvalue weighted by atomic mass is 32.2. The molecule has 138 valence electrons. The Kier molecular flexibility index (Phi) is 5.42. The molecule has 0 bridgehead atoms. The molecule has 1 atom stereocenters. The summed E-state index contributed by atoms with van der Waals surface area (Å²) < 4.78 is 25.3. The van der Waals surface area contributed by atoms with E-state index in [-0.39, 0.29) is 5.92 Å². The van der Waals surface area contributed by atoms with Gasteiger partial charge in [-0.3, -0.25) is 4.79 Å². The average molecular weight is 379 g/mol. The number of sulfonamides is 1. The van der Waals surface area contributed by atoms with Crippen LogP contribution in [0.2, 0.25) is 0 Å². The predicted molar refractivity (Wildman–Crippen MR) is 110 cm³/mol. The van der Waals surface area contributed by atoms with Gasteiger partial charge in [0.1, 0.15) is 0 Å². The highest BCUT2D eigenvalue weighted by Crippen LogP contribution is 2.29. The van der Waals surface area contributed by atoms with Crippen LogP contribution in [0.5, 0.6) is 0 Å². The van der Waals surface area contributed by atoms with Gasteiger partial charge in [0.25, 0.3) is 5.91 Å². The zero-order chi connectivity index (χ0) is 19.4. The van der Waals surface area contributed by atoms with Gasteiger partial charge >= 0.3 is 0 Å². The highest BCUT2D eigenvalue weighted by Gasteiger charge is 2.20. The van der Waals surface area contributed by atoms with E-state index in [1.165, 1.54) is 0 Å². The molecule has 0 aliphatic rings. The summed E-state index contributed by atoms with van der Waals surface area (Å²) in [5, 5.41) is 1.62. The van der Waals surface area contributed by atoms with Gasteiger partial charge in [-0.15, -0.1) is 0 Å². The Morgan fingerprint density at radius 3 is 2.33 bits per heavy atom. The van der Waals surface area contributed by atoms with Crippen LogP contribution in [0.15, 0.2) is 72.8 Å². The van der Waals surface area contributed by atoms with Crippen LogP contribution in [-0.2, 0) is 10.0 Å². The minimum atomic E-state index is -3.66. The minimum absolute atomic E-state index is 0.0740. The number of carbonyl (C=O) groups is 1. The van der Waals surface area contributed by atoms with Crippen molar-refractivity contribution >= 4 is 32.8 Å². The molecule has 3 aromatic carbocycles. The minimum Gasteiger partial charge on any atom is -0.268 e. The topological polar surface area (TPSA) is 63.2 Å². The molecular weight excluding hydrogens is 358 g/mol. The van der Waals surface area contributed by atoms with Crippen molar-refractivity contribution in [3.05, 3.63) is 89.5 Å². The summed E-state index contributed by atoms with van der Waals surface area (Å²) in [4.78, 5) is 12.8. The molecule has 3 rings (SSSR count). The molecule has 4 nitrogen and oxygen atoms in total. The van der Waals surface area contributed by atoms with Crippen molar-refractivity contribution in [3.63, 3.8) is 0 Å². The van der Waals surface area contributed by atoms with E-state index in [4.69, 9.17) is 0 Å². The van der Waals surface area contributed by atoms with E-state index < -0.39 is 15.9 Å². The molecule has 0 aliphatic heterocycles. The maximum absolute atomic E-state index is 12.8. The number of allylic oxidation sites excluding steroid dienone is 1. The molecule has 0 aromatic heterocycles. The van der Waals surface area contributed by atoms with E-state index >= 15 is 0 Å². The van der Waals surface area contributed by atoms with Gasteiger partial charge in [-0.25, -0.2) is 13.1 Å². The summed E-state index contributed by atoms with van der Waals surface area (Å²) in [6.45, 7) is 1.99. The molecule has 27 heavy (non-hydrogen) atoms. The summed E-state index contributed by atoms with van der Waals surface area (Å²) in [7, 11) is -3.66. The van der Waals surface area contributed by atoms with E-state index in [0.29, 0.717) is 5.56 Å². The first kappa shape index (κ1) is 18.9. The van der Waals surface area contributed by atoms with Crippen LogP contribution in [0.1, 0.15) is 34.3 Å². The van der Waals surface area contributed by atoms with E-state index in [1.54, 1.807) is 0 Å². The van der Waals surface area contributed by atoms with Gasteiger partial charge < -0.3 is 0 Å². The summed E-state index contributed by atoms with van der Waals surface area (Å²) in [5.74, 6) is -0.681. The first-order valence-electron chi connectivity index (χ1n) is 8.62. The Bertz CT molecular complexity index is 1100. The Balaban J connectivity index is 2.07. The number of hydrogen-bond acceptors (Lipinski definition) is 3. The summed E-state index contributed by atoms with van der Waals surface area (Å²) >= 11 is 0. The summed E-state index contributed by atoms with van der Waals surface area (Å²) in [6.07, 6.45) is 4.99. The van der Waals surface area contributed by atoms with Gasteiger partial charge in [0, 0.05) is 5.92 Å². The van der Waals surface area contributed by atoms with Gasteiger partial charge in [0.15, 0.2) is 0 Å². The van der Waals surface area contributed by atoms with Crippen molar-refractivity contribution < 1.29 is 13.2 Å². The Morgan fingerprint density at radius 1 is 0.963 bits per heavy atom. The quantitative estimate of drug-likeness (QED) is 0.717. The van der Waals surface area contributed by atoms with Crippen molar-refractivity contribution in [2.75, 3.05) is 6.26 Å². The molecular formula is C22H21NO3S. The number of hydrogen-bond donors (Lipinski definition) is 1. The first-order chi connectivity index (χ1) is 12.8. The fourth-order valence-electron chi connectivity index (χ4n) is 3.06. The molecule has 3 aromatic rings. The third-order valence-electron chi connectivity index (χ3n) is 4.33. The van der Waals surface area contributed by atoms with Crippen molar-refractivity contribution in [1.82, 2.24) is 4.72 Å².